The van der Waals surface area contributed by atoms with E-state index in [9.17, 15) is 0 Å². The van der Waals surface area contributed by atoms with Crippen molar-refractivity contribution in [2.75, 3.05) is 0 Å². The first-order valence-electron chi connectivity index (χ1n) is 4.28. The number of halogens is 4. The molecule has 0 nitrogen and oxygen atoms in total. The summed E-state index contributed by atoms with van der Waals surface area (Å²) in [5.74, 6) is 0. The van der Waals surface area contributed by atoms with Gasteiger partial charge in [-0.15, -0.1) is 0 Å². The molecule has 0 radical (unpaired) electrons. The number of fused-ring (bicyclic) bond motifs is 1. The Morgan fingerprint density at radius 3 is 1.43 bits per heavy atom. The molecule has 4 heteroatoms. The van der Waals surface area contributed by atoms with Crippen molar-refractivity contribution in [1.82, 2.24) is 0 Å². The van der Waals surface area contributed by atoms with E-state index in [-0.39, 0.29) is 0 Å². The zero-order valence-corrected chi connectivity index (χ0v) is 13.5. The molecule has 1 aliphatic carbocycles. The molecule has 0 spiro atoms. The maximum atomic E-state index is 3.72. The highest BCUT2D eigenvalue weighted by Crippen LogP contribution is 2.50. The average Bonchev–Trinajstić information content (AvgIpc) is 2.23. The molecule has 1 aromatic rings. The maximum Gasteiger partial charge on any atom is 0.0534 e. The maximum absolute atomic E-state index is 3.72. The Labute approximate surface area is 117 Å². The summed E-state index contributed by atoms with van der Waals surface area (Å²) in [7, 11) is 0. The topological polar surface area (TPSA) is 0 Å². The fraction of sp³-hybridized carbons (Fsp3) is 0.400. The minimum atomic E-state index is 0.372. The summed E-state index contributed by atoms with van der Waals surface area (Å²) < 4.78 is 0. The van der Waals surface area contributed by atoms with Crippen LogP contribution in [0.4, 0.5) is 0 Å². The van der Waals surface area contributed by atoms with E-state index in [4.69, 9.17) is 0 Å². The van der Waals surface area contributed by atoms with Gasteiger partial charge in [0, 0.05) is 9.65 Å². The summed E-state index contributed by atoms with van der Waals surface area (Å²) in [6, 6.07) is 8.52. The van der Waals surface area contributed by atoms with Gasteiger partial charge >= 0.3 is 0 Å². The van der Waals surface area contributed by atoms with E-state index >= 15 is 0 Å². The predicted octanol–water partition coefficient (Wildman–Crippen LogP) is 5.10. The summed E-state index contributed by atoms with van der Waals surface area (Å²) in [5.41, 5.74) is 2.74. The quantitative estimate of drug-likeness (QED) is 0.485. The van der Waals surface area contributed by atoms with Crippen LogP contribution >= 0.6 is 63.7 Å². The Kier molecular flexibility index (Phi) is 3.78. The smallest absolute Gasteiger partial charge is 0.0534 e. The number of hydrogen-bond acceptors (Lipinski definition) is 0. The molecule has 1 aliphatic rings. The minimum absolute atomic E-state index is 0.372. The third kappa shape index (κ3) is 1.87. The van der Waals surface area contributed by atoms with Gasteiger partial charge in [0.15, 0.2) is 0 Å². The number of hydrogen-bond donors (Lipinski definition) is 0. The second-order valence-electron chi connectivity index (χ2n) is 3.32. The van der Waals surface area contributed by atoms with E-state index in [0.717, 1.165) is 0 Å². The van der Waals surface area contributed by atoms with Gasteiger partial charge in [0.2, 0.25) is 0 Å². The molecule has 1 aromatic carbocycles. The van der Waals surface area contributed by atoms with E-state index in [0.29, 0.717) is 19.3 Å². The molecule has 76 valence electrons. The van der Waals surface area contributed by atoms with Crippen LogP contribution in [0.25, 0.3) is 0 Å². The summed E-state index contributed by atoms with van der Waals surface area (Å²) in [6.07, 6.45) is 0. The molecule has 0 aliphatic heterocycles. The van der Waals surface area contributed by atoms with Gasteiger partial charge in [-0.2, -0.15) is 0 Å². The van der Waals surface area contributed by atoms with Gasteiger partial charge in [0.1, 0.15) is 0 Å². The summed E-state index contributed by atoms with van der Waals surface area (Å²) in [4.78, 5) is 1.55. The van der Waals surface area contributed by atoms with Crippen LogP contribution in [0.5, 0.6) is 0 Å². The third-order valence-corrected chi connectivity index (χ3v) is 8.90. The number of rotatable bonds is 0. The molecule has 2 rings (SSSR count). The minimum Gasteiger partial charge on any atom is -0.0862 e. The van der Waals surface area contributed by atoms with Gasteiger partial charge in [-0.05, 0) is 11.1 Å². The highest BCUT2D eigenvalue weighted by Gasteiger charge is 2.37. The SMILES string of the molecule is Br[C@H]1[C@H](Br)[C@@H](Br)c2ccccc2[C@@H]1Br. The van der Waals surface area contributed by atoms with Crippen molar-refractivity contribution >= 4 is 63.7 Å². The van der Waals surface area contributed by atoms with Gasteiger partial charge in [0.05, 0.1) is 9.65 Å². The summed E-state index contributed by atoms with van der Waals surface area (Å²) in [6.45, 7) is 0. The summed E-state index contributed by atoms with van der Waals surface area (Å²) in [5, 5.41) is 0. The van der Waals surface area contributed by atoms with Crippen molar-refractivity contribution < 1.29 is 0 Å². The Hall–Kier alpha value is 1.14. The number of alkyl halides is 4. The molecule has 0 bridgehead atoms. The van der Waals surface area contributed by atoms with Crippen molar-refractivity contribution in [3.8, 4) is 0 Å². The Bertz CT molecular complexity index is 306. The molecule has 14 heavy (non-hydrogen) atoms. The first-order valence-corrected chi connectivity index (χ1v) is 7.94. The molecule has 0 saturated carbocycles. The van der Waals surface area contributed by atoms with E-state index < -0.39 is 0 Å². The third-order valence-electron chi connectivity index (χ3n) is 2.45. The van der Waals surface area contributed by atoms with Crippen molar-refractivity contribution in [3.05, 3.63) is 35.4 Å². The first-order chi connectivity index (χ1) is 6.63. The largest absolute Gasteiger partial charge is 0.0862 e. The van der Waals surface area contributed by atoms with Gasteiger partial charge in [0.25, 0.3) is 0 Å². The molecule has 0 N–H and O–H groups in total. The molecule has 0 aromatic heterocycles. The molecule has 0 heterocycles. The zero-order valence-electron chi connectivity index (χ0n) is 7.13. The average molecular weight is 448 g/mol. The van der Waals surface area contributed by atoms with E-state index in [1.165, 1.54) is 11.1 Å². The standard InChI is InChI=1S/C10H8Br4/c11-7-5-3-1-2-4-6(5)8(12)10(14)9(7)13/h1-4,7-10H/t7-,8-,9+,10+/m0/s1. The molecule has 0 fully saturated rings. The van der Waals surface area contributed by atoms with Crippen LogP contribution in [-0.4, -0.2) is 9.65 Å². The van der Waals surface area contributed by atoms with Gasteiger partial charge in [-0.3, -0.25) is 0 Å². The second-order valence-corrected chi connectivity index (χ2v) is 7.41. The molecular weight excluding hydrogens is 440 g/mol. The molecule has 0 unspecified atom stereocenters. The first kappa shape index (κ1) is 11.6. The lowest BCUT2D eigenvalue weighted by Gasteiger charge is -2.34. The Morgan fingerprint density at radius 1 is 0.714 bits per heavy atom. The highest BCUT2D eigenvalue weighted by atomic mass is 79.9. The van der Waals surface area contributed by atoms with Crippen molar-refractivity contribution in [1.29, 1.82) is 0 Å². The predicted molar refractivity (Wildman–Crippen MR) is 75.2 cm³/mol. The molecule has 0 amide bonds. The Balaban J connectivity index is 2.51. The van der Waals surface area contributed by atoms with Crippen LogP contribution in [0.1, 0.15) is 20.8 Å². The van der Waals surface area contributed by atoms with Crippen LogP contribution in [0.2, 0.25) is 0 Å². The summed E-state index contributed by atoms with van der Waals surface area (Å²) >= 11 is 14.9. The van der Waals surface area contributed by atoms with Crippen LogP contribution in [0.15, 0.2) is 24.3 Å². The number of benzene rings is 1. The van der Waals surface area contributed by atoms with E-state index in [2.05, 4.69) is 88.0 Å². The zero-order chi connectivity index (χ0) is 10.3. The monoisotopic (exact) mass is 444 g/mol. The second kappa shape index (κ2) is 4.56. The highest BCUT2D eigenvalue weighted by molar-refractivity contribution is 9.14. The molecule has 0 saturated heterocycles. The lowest BCUT2D eigenvalue weighted by molar-refractivity contribution is 0.728. The van der Waals surface area contributed by atoms with Crippen molar-refractivity contribution in [2.24, 2.45) is 0 Å². The fourth-order valence-electron chi connectivity index (χ4n) is 1.68. The van der Waals surface area contributed by atoms with Crippen LogP contribution in [0.3, 0.4) is 0 Å². The lowest BCUT2D eigenvalue weighted by Crippen LogP contribution is -2.29. The van der Waals surface area contributed by atoms with Gasteiger partial charge < -0.3 is 0 Å². The van der Waals surface area contributed by atoms with Crippen LogP contribution in [-0.2, 0) is 0 Å². The van der Waals surface area contributed by atoms with Crippen molar-refractivity contribution in [2.45, 2.75) is 19.3 Å². The molecule has 4 atom stereocenters. The van der Waals surface area contributed by atoms with Crippen LogP contribution in [0, 0.1) is 0 Å². The fourth-order valence-corrected chi connectivity index (χ4v) is 5.17. The normalized spacial score (nSPS) is 36.6. The van der Waals surface area contributed by atoms with Gasteiger partial charge in [-0.1, -0.05) is 88.0 Å². The lowest BCUT2D eigenvalue weighted by atomic mass is 9.91. The Morgan fingerprint density at radius 2 is 1.07 bits per heavy atom. The molecular formula is C10H8Br4. The van der Waals surface area contributed by atoms with Crippen molar-refractivity contribution in [3.63, 3.8) is 0 Å². The van der Waals surface area contributed by atoms with E-state index in [1.807, 2.05) is 0 Å². The van der Waals surface area contributed by atoms with Gasteiger partial charge in [-0.25, -0.2) is 0 Å². The van der Waals surface area contributed by atoms with Crippen LogP contribution < -0.4 is 0 Å². The van der Waals surface area contributed by atoms with E-state index in [1.54, 1.807) is 0 Å².